The van der Waals surface area contributed by atoms with E-state index in [-0.39, 0.29) is 11.7 Å². The number of ketones is 1. The average molecular weight is 322 g/mol. The van der Waals surface area contributed by atoms with Gasteiger partial charge in [0.2, 0.25) is 5.88 Å². The van der Waals surface area contributed by atoms with Crippen LogP contribution in [0.15, 0.2) is 28.9 Å². The Morgan fingerprint density at radius 3 is 2.38 bits per heavy atom. The highest BCUT2D eigenvalue weighted by atomic mass is 16.5. The summed E-state index contributed by atoms with van der Waals surface area (Å²) in [5.74, 6) is 0.434. The Kier molecular flexibility index (Phi) is 3.96. The molecule has 1 aromatic carbocycles. The predicted molar refractivity (Wildman–Crippen MR) is 91.9 cm³/mol. The monoisotopic (exact) mass is 322 g/mol. The maximum Gasteiger partial charge on any atom is 0.205 e. The molecule has 4 nitrogen and oxygen atoms in total. The van der Waals surface area contributed by atoms with Crippen LogP contribution in [0.1, 0.15) is 53.0 Å². The number of ether oxygens (including phenoxy) is 1. The van der Waals surface area contributed by atoms with Crippen LogP contribution in [0.25, 0.3) is 0 Å². The third-order valence-electron chi connectivity index (χ3n) is 5.32. The van der Waals surface area contributed by atoms with Gasteiger partial charge in [-0.1, -0.05) is 6.07 Å². The van der Waals surface area contributed by atoms with Gasteiger partial charge in [-0.2, -0.15) is 5.26 Å². The van der Waals surface area contributed by atoms with Crippen LogP contribution in [-0.2, 0) is 9.53 Å². The zero-order valence-corrected chi connectivity index (χ0v) is 14.6. The van der Waals surface area contributed by atoms with Gasteiger partial charge in [0.1, 0.15) is 17.4 Å². The lowest BCUT2D eigenvalue weighted by Crippen LogP contribution is -2.28. The first-order valence-corrected chi connectivity index (χ1v) is 8.28. The normalized spacial score (nSPS) is 20.6. The molecule has 0 radical (unpaired) electrons. The molecule has 0 saturated heterocycles. The van der Waals surface area contributed by atoms with Gasteiger partial charge in [-0.25, -0.2) is 0 Å². The molecule has 0 aromatic heterocycles. The van der Waals surface area contributed by atoms with E-state index in [9.17, 15) is 10.1 Å². The number of nitriles is 1. The average Bonchev–Trinajstić information content (AvgIpc) is 2.53. The molecule has 3 rings (SSSR count). The van der Waals surface area contributed by atoms with Crippen molar-refractivity contribution < 1.29 is 9.53 Å². The van der Waals surface area contributed by atoms with Crippen molar-refractivity contribution in [3.63, 3.8) is 0 Å². The highest BCUT2D eigenvalue weighted by Gasteiger charge is 2.39. The Bertz CT molecular complexity index is 827. The van der Waals surface area contributed by atoms with Crippen LogP contribution in [-0.4, -0.2) is 5.78 Å². The molecule has 0 spiro atoms. The van der Waals surface area contributed by atoms with E-state index in [2.05, 4.69) is 26.0 Å². The maximum absolute atomic E-state index is 12.7. The first-order valence-electron chi connectivity index (χ1n) is 8.28. The number of aryl methyl sites for hydroxylation is 2. The van der Waals surface area contributed by atoms with Crippen molar-refractivity contribution in [2.24, 2.45) is 5.73 Å². The zero-order chi connectivity index (χ0) is 17.6. The number of nitrogens with two attached hydrogens (primary N) is 1. The minimum atomic E-state index is -0.412. The van der Waals surface area contributed by atoms with Gasteiger partial charge in [-0.05, 0) is 61.9 Å². The molecule has 0 unspecified atom stereocenters. The van der Waals surface area contributed by atoms with Gasteiger partial charge >= 0.3 is 0 Å². The van der Waals surface area contributed by atoms with Gasteiger partial charge in [-0.15, -0.1) is 0 Å². The van der Waals surface area contributed by atoms with Crippen molar-refractivity contribution in [1.29, 1.82) is 5.26 Å². The van der Waals surface area contributed by atoms with Crippen molar-refractivity contribution >= 4 is 5.78 Å². The third-order valence-corrected chi connectivity index (χ3v) is 5.32. The number of rotatable bonds is 1. The van der Waals surface area contributed by atoms with E-state index in [0.29, 0.717) is 29.7 Å². The van der Waals surface area contributed by atoms with Crippen molar-refractivity contribution in [3.05, 3.63) is 56.7 Å². The SMILES string of the molecule is Cc1cc(C)c(C)c([C@@H]2C(C#N)=C(N)OC3=C2C(=O)CCC3)c1C. The second-order valence-corrected chi connectivity index (χ2v) is 6.71. The van der Waals surface area contributed by atoms with Crippen molar-refractivity contribution in [2.45, 2.75) is 52.9 Å². The fourth-order valence-corrected chi connectivity index (χ4v) is 3.83. The molecular formula is C20H22N2O2. The van der Waals surface area contributed by atoms with E-state index in [4.69, 9.17) is 10.5 Å². The van der Waals surface area contributed by atoms with Gasteiger partial charge in [0.15, 0.2) is 5.78 Å². The van der Waals surface area contributed by atoms with Crippen molar-refractivity contribution in [1.82, 2.24) is 0 Å². The summed E-state index contributed by atoms with van der Waals surface area (Å²) in [4.78, 5) is 12.7. The van der Waals surface area contributed by atoms with Crippen LogP contribution in [0, 0.1) is 39.0 Å². The molecule has 2 N–H and O–H groups in total. The number of carbonyl (C=O) groups is 1. The summed E-state index contributed by atoms with van der Waals surface area (Å²) in [7, 11) is 0. The lowest BCUT2D eigenvalue weighted by Gasteiger charge is -2.33. The van der Waals surface area contributed by atoms with E-state index < -0.39 is 5.92 Å². The lowest BCUT2D eigenvalue weighted by atomic mass is 9.74. The molecular weight excluding hydrogens is 300 g/mol. The van der Waals surface area contributed by atoms with E-state index in [1.807, 2.05) is 13.8 Å². The Balaban J connectivity index is 2.34. The smallest absolute Gasteiger partial charge is 0.205 e. The van der Waals surface area contributed by atoms with Crippen LogP contribution in [0.4, 0.5) is 0 Å². The Labute approximate surface area is 142 Å². The van der Waals surface area contributed by atoms with Crippen LogP contribution in [0.2, 0.25) is 0 Å². The number of allylic oxidation sites excluding steroid dienone is 3. The molecule has 0 fully saturated rings. The largest absolute Gasteiger partial charge is 0.444 e. The topological polar surface area (TPSA) is 76.1 Å². The summed E-state index contributed by atoms with van der Waals surface area (Å²) in [5.41, 5.74) is 12.6. The molecule has 0 saturated carbocycles. The van der Waals surface area contributed by atoms with Gasteiger partial charge in [0.25, 0.3) is 0 Å². The van der Waals surface area contributed by atoms with E-state index in [1.165, 1.54) is 0 Å². The molecule has 0 bridgehead atoms. The number of nitrogens with zero attached hydrogens (tertiary/aromatic N) is 1. The quantitative estimate of drug-likeness (QED) is 0.854. The fourth-order valence-electron chi connectivity index (χ4n) is 3.83. The second-order valence-electron chi connectivity index (χ2n) is 6.71. The third kappa shape index (κ3) is 2.32. The molecule has 1 aromatic rings. The first-order chi connectivity index (χ1) is 11.4. The minimum absolute atomic E-state index is 0.0689. The summed E-state index contributed by atoms with van der Waals surface area (Å²) in [6, 6.07) is 4.34. The molecule has 2 aliphatic rings. The highest BCUT2D eigenvalue weighted by Crippen LogP contribution is 2.45. The molecule has 124 valence electrons. The Morgan fingerprint density at radius 2 is 1.79 bits per heavy atom. The predicted octanol–water partition coefficient (Wildman–Crippen LogP) is 3.74. The molecule has 24 heavy (non-hydrogen) atoms. The first kappa shape index (κ1) is 16.3. The van der Waals surface area contributed by atoms with Crippen LogP contribution >= 0.6 is 0 Å². The maximum atomic E-state index is 12.7. The summed E-state index contributed by atoms with van der Waals surface area (Å²) in [6.07, 6.45) is 1.96. The zero-order valence-electron chi connectivity index (χ0n) is 14.6. The number of Topliss-reactive ketones (excluding diaryl/α,β-unsaturated/α-hetero) is 1. The molecule has 1 aliphatic heterocycles. The summed E-state index contributed by atoms with van der Waals surface area (Å²) in [6.45, 7) is 8.21. The van der Waals surface area contributed by atoms with Crippen molar-refractivity contribution in [3.8, 4) is 6.07 Å². The van der Waals surface area contributed by atoms with Gasteiger partial charge < -0.3 is 10.5 Å². The van der Waals surface area contributed by atoms with E-state index >= 15 is 0 Å². The standard InChI is InChI=1S/C20H22N2O2/c1-10-8-11(2)13(4)17(12(10)3)18-14(9-21)20(22)24-16-7-5-6-15(23)19(16)18/h8,18H,5-7,22H2,1-4H3/t18-/m0/s1. The minimum Gasteiger partial charge on any atom is -0.444 e. The molecule has 1 aliphatic carbocycles. The number of carbonyl (C=O) groups excluding carboxylic acids is 1. The van der Waals surface area contributed by atoms with Crippen molar-refractivity contribution in [2.75, 3.05) is 0 Å². The van der Waals surface area contributed by atoms with E-state index in [0.717, 1.165) is 34.2 Å². The van der Waals surface area contributed by atoms with Gasteiger partial charge in [-0.3, -0.25) is 4.79 Å². The summed E-state index contributed by atoms with van der Waals surface area (Å²) in [5, 5.41) is 9.69. The Hall–Kier alpha value is -2.54. The number of hydrogen-bond acceptors (Lipinski definition) is 4. The van der Waals surface area contributed by atoms with Crippen LogP contribution in [0.5, 0.6) is 0 Å². The fraction of sp³-hybridized carbons (Fsp3) is 0.400. The van der Waals surface area contributed by atoms with Crippen LogP contribution < -0.4 is 5.73 Å². The lowest BCUT2D eigenvalue weighted by molar-refractivity contribution is -0.116. The number of benzene rings is 1. The molecule has 0 amide bonds. The molecule has 4 heteroatoms. The second kappa shape index (κ2) is 5.83. The summed E-state index contributed by atoms with van der Waals surface area (Å²) >= 11 is 0. The number of hydrogen-bond donors (Lipinski definition) is 1. The van der Waals surface area contributed by atoms with Crippen LogP contribution in [0.3, 0.4) is 0 Å². The molecule has 1 heterocycles. The summed E-state index contributed by atoms with van der Waals surface area (Å²) < 4.78 is 5.65. The van der Waals surface area contributed by atoms with Gasteiger partial charge in [0.05, 0.1) is 5.92 Å². The molecule has 1 atom stereocenters. The highest BCUT2D eigenvalue weighted by molar-refractivity contribution is 5.99. The van der Waals surface area contributed by atoms with Gasteiger partial charge in [0, 0.05) is 18.4 Å². The Morgan fingerprint density at radius 1 is 1.17 bits per heavy atom. The van der Waals surface area contributed by atoms with E-state index in [1.54, 1.807) is 0 Å².